The second-order valence-electron chi connectivity index (χ2n) is 4.99. The highest BCUT2D eigenvalue weighted by molar-refractivity contribution is 14.1. The predicted molar refractivity (Wildman–Crippen MR) is 80.3 cm³/mol. The molecule has 0 saturated heterocycles. The molecule has 98 valence electrons. The van der Waals surface area contributed by atoms with Crippen molar-refractivity contribution in [2.24, 2.45) is 5.41 Å². The zero-order chi connectivity index (χ0) is 13.8. The van der Waals surface area contributed by atoms with Crippen LogP contribution >= 0.6 is 22.6 Å². The van der Waals surface area contributed by atoms with E-state index in [2.05, 4.69) is 33.2 Å². The minimum Gasteiger partial charge on any atom is -0.347 e. The van der Waals surface area contributed by atoms with Gasteiger partial charge in [-0.05, 0) is 46.9 Å². The summed E-state index contributed by atoms with van der Waals surface area (Å²) >= 11 is 2.19. The molecule has 18 heavy (non-hydrogen) atoms. The van der Waals surface area contributed by atoms with Crippen molar-refractivity contribution in [3.05, 3.63) is 27.8 Å². The Morgan fingerprint density at radius 1 is 1.17 bits per heavy atom. The van der Waals surface area contributed by atoms with Crippen LogP contribution in [0.5, 0.6) is 0 Å². The van der Waals surface area contributed by atoms with E-state index < -0.39 is 5.41 Å². The molecule has 4 nitrogen and oxygen atoms in total. The fraction of sp³-hybridized carbons (Fsp3) is 0.385. The summed E-state index contributed by atoms with van der Waals surface area (Å²) in [5.41, 5.74) is 0.244. The normalized spacial score (nSPS) is 10.9. The molecule has 0 spiro atoms. The summed E-state index contributed by atoms with van der Waals surface area (Å²) in [6.45, 7) is 5.40. The Balaban J connectivity index is 2.43. The van der Waals surface area contributed by atoms with Crippen molar-refractivity contribution in [3.8, 4) is 0 Å². The SMILES string of the molecule is CC(C)(C)C(=O)NCC(=O)Nc1ccc(I)cc1. The number of hydrogen-bond donors (Lipinski definition) is 2. The van der Waals surface area contributed by atoms with E-state index >= 15 is 0 Å². The van der Waals surface area contributed by atoms with Gasteiger partial charge in [-0.1, -0.05) is 20.8 Å². The van der Waals surface area contributed by atoms with Crippen LogP contribution in [-0.2, 0) is 9.59 Å². The molecule has 2 amide bonds. The van der Waals surface area contributed by atoms with Gasteiger partial charge >= 0.3 is 0 Å². The van der Waals surface area contributed by atoms with Crippen molar-refractivity contribution in [1.82, 2.24) is 5.32 Å². The van der Waals surface area contributed by atoms with Gasteiger partial charge in [0.05, 0.1) is 6.54 Å². The molecule has 0 aliphatic rings. The molecule has 1 aromatic rings. The summed E-state index contributed by atoms with van der Waals surface area (Å²) in [5.74, 6) is -0.367. The van der Waals surface area contributed by atoms with Gasteiger partial charge in [-0.15, -0.1) is 0 Å². The first-order valence-corrected chi connectivity index (χ1v) is 6.70. The maximum atomic E-state index is 11.6. The summed E-state index contributed by atoms with van der Waals surface area (Å²) in [6, 6.07) is 7.46. The number of rotatable bonds is 3. The standard InChI is InChI=1S/C13H17IN2O2/c1-13(2,3)12(18)15-8-11(17)16-10-6-4-9(14)5-7-10/h4-7H,8H2,1-3H3,(H,15,18)(H,16,17). The Kier molecular flexibility index (Phi) is 5.13. The number of carbonyl (C=O) groups excluding carboxylic acids is 2. The van der Waals surface area contributed by atoms with Crippen LogP contribution in [0.3, 0.4) is 0 Å². The molecular weight excluding hydrogens is 343 g/mol. The van der Waals surface area contributed by atoms with Crippen LogP contribution in [0.4, 0.5) is 5.69 Å². The lowest BCUT2D eigenvalue weighted by atomic mass is 9.96. The molecule has 1 rings (SSSR count). The van der Waals surface area contributed by atoms with Gasteiger partial charge < -0.3 is 10.6 Å². The third kappa shape index (κ3) is 5.03. The Morgan fingerprint density at radius 2 is 1.72 bits per heavy atom. The fourth-order valence-electron chi connectivity index (χ4n) is 1.16. The van der Waals surface area contributed by atoms with E-state index in [1.807, 2.05) is 24.3 Å². The number of carbonyl (C=O) groups is 2. The Labute approximate surface area is 121 Å². The summed E-state index contributed by atoms with van der Waals surface area (Å²) in [6.07, 6.45) is 0. The predicted octanol–water partition coefficient (Wildman–Crippen LogP) is 2.39. The topological polar surface area (TPSA) is 58.2 Å². The third-order valence-electron chi connectivity index (χ3n) is 2.22. The van der Waals surface area contributed by atoms with Crippen molar-refractivity contribution in [3.63, 3.8) is 0 Å². The number of anilines is 1. The van der Waals surface area contributed by atoms with Crippen molar-refractivity contribution in [2.45, 2.75) is 20.8 Å². The summed E-state index contributed by atoms with van der Waals surface area (Å²) in [7, 11) is 0. The zero-order valence-electron chi connectivity index (χ0n) is 10.7. The molecule has 0 saturated carbocycles. The highest BCUT2D eigenvalue weighted by Crippen LogP contribution is 2.12. The Hall–Kier alpha value is -1.11. The maximum absolute atomic E-state index is 11.6. The summed E-state index contributed by atoms with van der Waals surface area (Å²) in [4.78, 5) is 23.2. The average Bonchev–Trinajstić information content (AvgIpc) is 2.28. The van der Waals surface area contributed by atoms with Gasteiger partial charge in [0.2, 0.25) is 11.8 Å². The molecule has 0 aromatic heterocycles. The van der Waals surface area contributed by atoms with E-state index in [0.29, 0.717) is 0 Å². The van der Waals surface area contributed by atoms with Crippen LogP contribution in [0.15, 0.2) is 24.3 Å². The van der Waals surface area contributed by atoms with Gasteiger partial charge in [0.1, 0.15) is 0 Å². The molecule has 0 fully saturated rings. The molecule has 0 aliphatic heterocycles. The molecule has 0 radical (unpaired) electrons. The van der Waals surface area contributed by atoms with E-state index in [9.17, 15) is 9.59 Å². The monoisotopic (exact) mass is 360 g/mol. The number of benzene rings is 1. The fourth-order valence-corrected chi connectivity index (χ4v) is 1.52. The van der Waals surface area contributed by atoms with E-state index in [0.717, 1.165) is 9.26 Å². The Morgan fingerprint density at radius 3 is 2.22 bits per heavy atom. The van der Waals surface area contributed by atoms with Crippen LogP contribution in [0.1, 0.15) is 20.8 Å². The van der Waals surface area contributed by atoms with E-state index in [1.165, 1.54) is 0 Å². The average molecular weight is 360 g/mol. The van der Waals surface area contributed by atoms with Crippen molar-refractivity contribution in [2.75, 3.05) is 11.9 Å². The first-order valence-electron chi connectivity index (χ1n) is 5.63. The summed E-state index contributed by atoms with van der Waals surface area (Å²) in [5, 5.41) is 5.32. The number of hydrogen-bond acceptors (Lipinski definition) is 2. The largest absolute Gasteiger partial charge is 0.347 e. The van der Waals surface area contributed by atoms with Gasteiger partial charge in [-0.25, -0.2) is 0 Å². The molecule has 5 heteroatoms. The number of nitrogens with one attached hydrogen (secondary N) is 2. The van der Waals surface area contributed by atoms with Gasteiger partial charge in [-0.2, -0.15) is 0 Å². The smallest absolute Gasteiger partial charge is 0.243 e. The van der Waals surface area contributed by atoms with Crippen molar-refractivity contribution in [1.29, 1.82) is 0 Å². The highest BCUT2D eigenvalue weighted by atomic mass is 127. The van der Waals surface area contributed by atoms with Crippen LogP contribution in [-0.4, -0.2) is 18.4 Å². The number of amides is 2. The lowest BCUT2D eigenvalue weighted by molar-refractivity contribution is -0.130. The van der Waals surface area contributed by atoms with Crippen LogP contribution in [0.25, 0.3) is 0 Å². The third-order valence-corrected chi connectivity index (χ3v) is 2.94. The zero-order valence-corrected chi connectivity index (χ0v) is 12.9. The molecular formula is C13H17IN2O2. The van der Waals surface area contributed by atoms with E-state index in [-0.39, 0.29) is 18.4 Å². The maximum Gasteiger partial charge on any atom is 0.243 e. The van der Waals surface area contributed by atoms with Crippen LogP contribution in [0, 0.1) is 8.99 Å². The Bertz CT molecular complexity index is 435. The summed E-state index contributed by atoms with van der Waals surface area (Å²) < 4.78 is 1.10. The molecule has 1 aromatic carbocycles. The molecule has 0 unspecified atom stereocenters. The van der Waals surface area contributed by atoms with E-state index in [4.69, 9.17) is 0 Å². The van der Waals surface area contributed by atoms with Crippen molar-refractivity contribution >= 4 is 40.1 Å². The van der Waals surface area contributed by atoms with Crippen LogP contribution < -0.4 is 10.6 Å². The second kappa shape index (κ2) is 6.17. The van der Waals surface area contributed by atoms with Gasteiger partial charge in [0.25, 0.3) is 0 Å². The molecule has 0 heterocycles. The first-order chi connectivity index (χ1) is 8.29. The lowest BCUT2D eigenvalue weighted by Crippen LogP contribution is -2.39. The minimum atomic E-state index is -0.483. The highest BCUT2D eigenvalue weighted by Gasteiger charge is 2.21. The van der Waals surface area contributed by atoms with Crippen LogP contribution in [0.2, 0.25) is 0 Å². The van der Waals surface area contributed by atoms with Gasteiger partial charge in [0, 0.05) is 14.7 Å². The molecule has 0 bridgehead atoms. The van der Waals surface area contributed by atoms with E-state index in [1.54, 1.807) is 20.8 Å². The first kappa shape index (κ1) is 14.9. The minimum absolute atomic E-state index is 0.0118. The quantitative estimate of drug-likeness (QED) is 0.814. The second-order valence-corrected chi connectivity index (χ2v) is 6.23. The van der Waals surface area contributed by atoms with Gasteiger partial charge in [0.15, 0.2) is 0 Å². The molecule has 2 N–H and O–H groups in total. The van der Waals surface area contributed by atoms with Gasteiger partial charge in [-0.3, -0.25) is 9.59 Å². The number of halogens is 1. The lowest BCUT2D eigenvalue weighted by Gasteiger charge is -2.17. The van der Waals surface area contributed by atoms with Crippen molar-refractivity contribution < 1.29 is 9.59 Å². The molecule has 0 atom stereocenters. The molecule has 0 aliphatic carbocycles.